The second kappa shape index (κ2) is 9.23. The fraction of sp³-hybridized carbons (Fsp3) is 0.208. The quantitative estimate of drug-likeness (QED) is 0.405. The number of hydrogen-bond acceptors (Lipinski definition) is 6. The lowest BCUT2D eigenvalue weighted by Crippen LogP contribution is -2.36. The minimum absolute atomic E-state index is 0.0275. The molecular formula is C24H20Cl2N4O4S. The highest BCUT2D eigenvalue weighted by Crippen LogP contribution is 2.37. The molecule has 1 fully saturated rings. The smallest absolute Gasteiger partial charge is 0.257 e. The van der Waals surface area contributed by atoms with Crippen LogP contribution in [0.15, 0.2) is 54.7 Å². The summed E-state index contributed by atoms with van der Waals surface area (Å²) >= 11 is 12.6. The molecule has 1 unspecified atom stereocenters. The lowest BCUT2D eigenvalue weighted by atomic mass is 10.0. The minimum Gasteiger partial charge on any atom is -0.390 e. The second-order valence-corrected chi connectivity index (χ2v) is 11.4. The molecule has 11 heteroatoms. The van der Waals surface area contributed by atoms with Gasteiger partial charge in [0.2, 0.25) is 0 Å². The van der Waals surface area contributed by atoms with Gasteiger partial charge in [-0.05, 0) is 24.6 Å². The number of carbonyl (C=O) groups is 1. The van der Waals surface area contributed by atoms with Crippen molar-refractivity contribution < 1.29 is 18.3 Å². The Labute approximate surface area is 211 Å². The van der Waals surface area contributed by atoms with E-state index in [1.54, 1.807) is 24.4 Å². The SMILES string of the molecule is O=C(NC1CCS(=O)(=O)C1)c1c(CO)nn2c(-c3ccc(Cl)cc3)c(-c3ccccc3Cl)cnc12. The van der Waals surface area contributed by atoms with Crippen molar-refractivity contribution in [2.24, 2.45) is 0 Å². The summed E-state index contributed by atoms with van der Waals surface area (Å²) in [5, 5.41) is 18.4. The molecule has 8 nitrogen and oxygen atoms in total. The van der Waals surface area contributed by atoms with Gasteiger partial charge in [-0.15, -0.1) is 0 Å². The molecule has 0 aliphatic carbocycles. The third-order valence-corrected chi connectivity index (χ3v) is 8.29. The van der Waals surface area contributed by atoms with Crippen LogP contribution in [0.5, 0.6) is 0 Å². The molecule has 2 aromatic carbocycles. The predicted molar refractivity (Wildman–Crippen MR) is 134 cm³/mol. The second-order valence-electron chi connectivity index (χ2n) is 8.30. The lowest BCUT2D eigenvalue weighted by Gasteiger charge is -2.14. The van der Waals surface area contributed by atoms with E-state index >= 15 is 0 Å². The van der Waals surface area contributed by atoms with Crippen LogP contribution < -0.4 is 5.32 Å². The molecule has 0 bridgehead atoms. The molecule has 0 saturated carbocycles. The summed E-state index contributed by atoms with van der Waals surface area (Å²) < 4.78 is 25.2. The monoisotopic (exact) mass is 530 g/mol. The van der Waals surface area contributed by atoms with Gasteiger partial charge < -0.3 is 10.4 Å². The van der Waals surface area contributed by atoms with Crippen molar-refractivity contribution in [2.45, 2.75) is 19.1 Å². The molecular weight excluding hydrogens is 511 g/mol. The number of hydrogen-bond donors (Lipinski definition) is 2. The number of sulfone groups is 1. The normalized spacial score (nSPS) is 17.1. The molecule has 180 valence electrons. The zero-order valence-corrected chi connectivity index (χ0v) is 20.6. The molecule has 2 N–H and O–H groups in total. The van der Waals surface area contributed by atoms with E-state index in [9.17, 15) is 18.3 Å². The average molecular weight is 531 g/mol. The molecule has 35 heavy (non-hydrogen) atoms. The van der Waals surface area contributed by atoms with Gasteiger partial charge in [-0.25, -0.2) is 17.9 Å². The van der Waals surface area contributed by atoms with Crippen molar-refractivity contribution in [1.82, 2.24) is 19.9 Å². The van der Waals surface area contributed by atoms with Gasteiger partial charge in [-0.3, -0.25) is 4.79 Å². The molecule has 1 atom stereocenters. The number of fused-ring (bicyclic) bond motifs is 1. The Morgan fingerprint density at radius 2 is 1.86 bits per heavy atom. The number of nitrogens with zero attached hydrogens (tertiary/aromatic N) is 3. The predicted octanol–water partition coefficient (Wildman–Crippen LogP) is 3.78. The molecule has 2 aromatic heterocycles. The molecule has 1 saturated heterocycles. The molecule has 1 aliphatic rings. The van der Waals surface area contributed by atoms with Crippen LogP contribution in [0.3, 0.4) is 0 Å². The topological polar surface area (TPSA) is 114 Å². The Morgan fingerprint density at radius 3 is 2.51 bits per heavy atom. The molecule has 0 spiro atoms. The van der Waals surface area contributed by atoms with Crippen molar-refractivity contribution in [2.75, 3.05) is 11.5 Å². The number of aliphatic hydroxyl groups excluding tert-OH is 1. The van der Waals surface area contributed by atoms with Crippen molar-refractivity contribution in [3.05, 3.63) is 76.0 Å². The van der Waals surface area contributed by atoms with E-state index < -0.39 is 28.4 Å². The maximum atomic E-state index is 13.2. The van der Waals surface area contributed by atoms with E-state index in [1.807, 2.05) is 30.3 Å². The molecule has 1 aliphatic heterocycles. The first kappa shape index (κ1) is 23.7. The summed E-state index contributed by atoms with van der Waals surface area (Å²) in [6.07, 6.45) is 1.95. The van der Waals surface area contributed by atoms with E-state index in [-0.39, 0.29) is 28.4 Å². The van der Waals surface area contributed by atoms with Gasteiger partial charge in [0.25, 0.3) is 5.91 Å². The van der Waals surface area contributed by atoms with Crippen molar-refractivity contribution in [3.63, 3.8) is 0 Å². The largest absolute Gasteiger partial charge is 0.390 e. The number of nitrogens with one attached hydrogen (secondary N) is 1. The fourth-order valence-electron chi connectivity index (χ4n) is 4.30. The molecule has 1 amide bonds. The number of aromatic nitrogens is 3. The average Bonchev–Trinajstić information content (AvgIpc) is 3.38. The standard InChI is InChI=1S/C24H20Cl2N4O4S/c25-15-7-5-14(6-8-15)22-18(17-3-1-2-4-19(17)26)11-27-23-21(20(12-31)29-30(22)23)24(32)28-16-9-10-35(33,34)13-16/h1-8,11,16,31H,9-10,12-13H2,(H,28,32). The maximum absolute atomic E-state index is 13.2. The number of amides is 1. The number of halogens is 2. The highest BCUT2D eigenvalue weighted by Gasteiger charge is 2.31. The Kier molecular flexibility index (Phi) is 6.27. The van der Waals surface area contributed by atoms with E-state index in [1.165, 1.54) is 4.52 Å². The summed E-state index contributed by atoms with van der Waals surface area (Å²) in [5.41, 5.74) is 3.20. The van der Waals surface area contributed by atoms with Gasteiger partial charge in [0.15, 0.2) is 15.5 Å². The Bertz CT molecular complexity index is 1550. The van der Waals surface area contributed by atoms with E-state index in [0.717, 1.165) is 11.1 Å². The van der Waals surface area contributed by atoms with Crippen LogP contribution in [-0.4, -0.2) is 51.6 Å². The zero-order valence-electron chi connectivity index (χ0n) is 18.3. The summed E-state index contributed by atoms with van der Waals surface area (Å²) in [5.74, 6) is -0.627. The van der Waals surface area contributed by atoms with Crippen LogP contribution in [0.25, 0.3) is 28.0 Å². The van der Waals surface area contributed by atoms with Crippen LogP contribution in [0.4, 0.5) is 0 Å². The summed E-state index contributed by atoms with van der Waals surface area (Å²) in [6, 6.07) is 13.9. The summed E-state index contributed by atoms with van der Waals surface area (Å²) in [6.45, 7) is -0.503. The molecule has 3 heterocycles. The van der Waals surface area contributed by atoms with E-state index in [4.69, 9.17) is 23.2 Å². The fourth-order valence-corrected chi connectivity index (χ4v) is 6.34. The van der Waals surface area contributed by atoms with Gasteiger partial charge in [0.05, 0.1) is 23.8 Å². The van der Waals surface area contributed by atoms with Crippen LogP contribution in [0.2, 0.25) is 10.0 Å². The van der Waals surface area contributed by atoms with Gasteiger partial charge in [-0.2, -0.15) is 5.10 Å². The Morgan fingerprint density at radius 1 is 1.11 bits per heavy atom. The first-order valence-corrected chi connectivity index (χ1v) is 13.4. The van der Waals surface area contributed by atoms with Crippen molar-refractivity contribution in [1.29, 1.82) is 0 Å². The van der Waals surface area contributed by atoms with Crippen LogP contribution >= 0.6 is 23.2 Å². The van der Waals surface area contributed by atoms with Crippen LogP contribution in [0.1, 0.15) is 22.5 Å². The van der Waals surface area contributed by atoms with Gasteiger partial charge >= 0.3 is 0 Å². The van der Waals surface area contributed by atoms with Crippen LogP contribution in [-0.2, 0) is 16.4 Å². The number of rotatable bonds is 5. The minimum atomic E-state index is -3.18. The zero-order chi connectivity index (χ0) is 24.7. The molecule has 0 radical (unpaired) electrons. The summed E-state index contributed by atoms with van der Waals surface area (Å²) in [7, 11) is -3.18. The van der Waals surface area contributed by atoms with Gasteiger partial charge in [0.1, 0.15) is 11.3 Å². The van der Waals surface area contributed by atoms with Crippen molar-refractivity contribution in [3.8, 4) is 22.4 Å². The number of aliphatic hydroxyl groups is 1. The first-order valence-electron chi connectivity index (χ1n) is 10.8. The van der Waals surface area contributed by atoms with Gasteiger partial charge in [-0.1, -0.05) is 53.5 Å². The van der Waals surface area contributed by atoms with Crippen molar-refractivity contribution >= 4 is 44.6 Å². The lowest BCUT2D eigenvalue weighted by molar-refractivity contribution is 0.0939. The third-order valence-electron chi connectivity index (χ3n) is 5.94. The maximum Gasteiger partial charge on any atom is 0.257 e. The third kappa shape index (κ3) is 4.52. The highest BCUT2D eigenvalue weighted by atomic mass is 35.5. The van der Waals surface area contributed by atoms with Gasteiger partial charge in [0, 0.05) is 39.0 Å². The number of carbonyl (C=O) groups excluding carboxylic acids is 1. The summed E-state index contributed by atoms with van der Waals surface area (Å²) in [4.78, 5) is 17.7. The van der Waals surface area contributed by atoms with Crippen LogP contribution in [0, 0.1) is 0 Å². The van der Waals surface area contributed by atoms with E-state index in [2.05, 4.69) is 15.4 Å². The highest BCUT2D eigenvalue weighted by molar-refractivity contribution is 7.91. The van der Waals surface area contributed by atoms with E-state index in [0.29, 0.717) is 27.7 Å². The first-order chi connectivity index (χ1) is 16.8. The molecule has 5 rings (SSSR count). The molecule has 4 aromatic rings. The Balaban J connectivity index is 1.70. The number of benzene rings is 2. The Hall–Kier alpha value is -2.98.